The average Bonchev–Trinajstić information content (AvgIpc) is 3.30. The third kappa shape index (κ3) is 5.31. The number of halogens is 3. The molecule has 1 saturated carbocycles. The summed E-state index contributed by atoms with van der Waals surface area (Å²) in [6, 6.07) is 12.3. The summed E-state index contributed by atoms with van der Waals surface area (Å²) in [7, 11) is 0. The second-order valence-electron chi connectivity index (χ2n) is 11.1. The second kappa shape index (κ2) is 9.11. The number of hydrogen-bond donors (Lipinski definition) is 2. The number of ether oxygens (including phenoxy) is 1. The highest BCUT2D eigenvalue weighted by Gasteiger charge is 2.35. The Kier molecular flexibility index (Phi) is 6.20. The van der Waals surface area contributed by atoms with Crippen LogP contribution in [0, 0.1) is 25.2 Å². The summed E-state index contributed by atoms with van der Waals surface area (Å²) in [6.07, 6.45) is -1.51. The molecule has 2 N–H and O–H groups in total. The first kappa shape index (κ1) is 25.2. The third-order valence-corrected chi connectivity index (χ3v) is 7.18. The van der Waals surface area contributed by atoms with E-state index in [2.05, 4.69) is 63.8 Å². The van der Waals surface area contributed by atoms with Gasteiger partial charge in [0.05, 0.1) is 16.7 Å². The van der Waals surface area contributed by atoms with Gasteiger partial charge in [-0.3, -0.25) is 5.10 Å². The number of nitrogens with zero attached hydrogens (tertiary/aromatic N) is 3. The summed E-state index contributed by atoms with van der Waals surface area (Å²) in [5.74, 6) is 0.977. The number of aromatic nitrogens is 4. The summed E-state index contributed by atoms with van der Waals surface area (Å²) in [5.41, 5.74) is 6.74. The summed E-state index contributed by atoms with van der Waals surface area (Å²) >= 11 is 0. The SMILES string of the molecule is Cc1n[nH]c(C)c1-c1ccc2c(c1)nc(Nc1ccc(OC(F)(F)F)cc1)n2[C@H]1C[C@@H](C)CC(C)(C)C1. The van der Waals surface area contributed by atoms with Crippen LogP contribution in [-0.4, -0.2) is 26.1 Å². The van der Waals surface area contributed by atoms with Gasteiger partial charge in [0.1, 0.15) is 5.75 Å². The first-order chi connectivity index (χ1) is 17.4. The molecule has 1 aliphatic rings. The smallest absolute Gasteiger partial charge is 0.406 e. The van der Waals surface area contributed by atoms with Crippen LogP contribution in [0.15, 0.2) is 42.5 Å². The average molecular weight is 512 g/mol. The lowest BCUT2D eigenvalue weighted by atomic mass is 9.70. The van der Waals surface area contributed by atoms with Gasteiger partial charge in [-0.25, -0.2) is 4.98 Å². The Hall–Kier alpha value is -3.49. The van der Waals surface area contributed by atoms with Gasteiger partial charge in [0.15, 0.2) is 0 Å². The number of fused-ring (bicyclic) bond motifs is 1. The molecule has 9 heteroatoms. The van der Waals surface area contributed by atoms with Crippen LogP contribution in [-0.2, 0) is 0 Å². The van der Waals surface area contributed by atoms with E-state index in [9.17, 15) is 13.2 Å². The molecule has 2 aromatic carbocycles. The minimum atomic E-state index is -4.73. The van der Waals surface area contributed by atoms with Crippen molar-refractivity contribution in [2.45, 2.75) is 66.3 Å². The Labute approximate surface area is 214 Å². The molecule has 0 spiro atoms. The lowest BCUT2D eigenvalue weighted by Gasteiger charge is -2.40. The first-order valence-corrected chi connectivity index (χ1v) is 12.6. The fourth-order valence-electron chi connectivity index (χ4n) is 6.05. The molecule has 1 aliphatic carbocycles. The Morgan fingerprint density at radius 2 is 1.81 bits per heavy atom. The van der Waals surface area contributed by atoms with Crippen LogP contribution in [0.1, 0.15) is 57.5 Å². The Morgan fingerprint density at radius 3 is 2.43 bits per heavy atom. The zero-order valence-corrected chi connectivity index (χ0v) is 21.7. The number of rotatable bonds is 5. The molecular weight excluding hydrogens is 479 g/mol. The fourth-order valence-corrected chi connectivity index (χ4v) is 6.05. The summed E-state index contributed by atoms with van der Waals surface area (Å²) in [4.78, 5) is 4.98. The number of anilines is 2. The molecule has 1 fully saturated rings. The van der Waals surface area contributed by atoms with Crippen molar-refractivity contribution in [3.05, 3.63) is 53.9 Å². The molecule has 0 bridgehead atoms. The van der Waals surface area contributed by atoms with E-state index in [1.165, 1.54) is 18.6 Å². The lowest BCUT2D eigenvalue weighted by Crippen LogP contribution is -2.29. The standard InChI is InChI=1S/C28H32F3N5O/c1-16-12-21(15-27(4,5)14-16)36-24-11-6-19(25-17(2)34-35-18(25)3)13-23(24)33-26(36)32-20-7-9-22(10-8-20)37-28(29,30)31/h6-11,13,16,21H,12,14-15H2,1-5H3,(H,32,33)(H,34,35)/t16-,21+/m1/s1. The zero-order valence-electron chi connectivity index (χ0n) is 21.7. The van der Waals surface area contributed by atoms with Crippen LogP contribution in [0.4, 0.5) is 24.8 Å². The monoisotopic (exact) mass is 511 g/mol. The van der Waals surface area contributed by atoms with Gasteiger partial charge in [0, 0.05) is 23.0 Å². The van der Waals surface area contributed by atoms with E-state index >= 15 is 0 Å². The zero-order chi connectivity index (χ0) is 26.5. The third-order valence-electron chi connectivity index (χ3n) is 7.18. The molecule has 0 saturated heterocycles. The molecule has 2 aromatic heterocycles. The Balaban J connectivity index is 1.56. The maximum absolute atomic E-state index is 12.6. The van der Waals surface area contributed by atoms with Gasteiger partial charge in [-0.05, 0) is 86.4 Å². The molecule has 37 heavy (non-hydrogen) atoms. The van der Waals surface area contributed by atoms with E-state index in [0.29, 0.717) is 17.6 Å². The van der Waals surface area contributed by atoms with Crippen LogP contribution in [0.2, 0.25) is 0 Å². The van der Waals surface area contributed by atoms with E-state index in [-0.39, 0.29) is 17.2 Å². The van der Waals surface area contributed by atoms with Gasteiger partial charge < -0.3 is 14.6 Å². The number of hydrogen-bond acceptors (Lipinski definition) is 4. The van der Waals surface area contributed by atoms with E-state index in [1.807, 2.05) is 13.8 Å². The number of nitrogens with one attached hydrogen (secondary N) is 2. The van der Waals surface area contributed by atoms with Crippen molar-refractivity contribution in [3.8, 4) is 16.9 Å². The lowest BCUT2D eigenvalue weighted by molar-refractivity contribution is -0.274. The number of alkyl halides is 3. The normalized spacial score (nSPS) is 19.8. The Bertz CT molecular complexity index is 1400. The summed E-state index contributed by atoms with van der Waals surface area (Å²) < 4.78 is 44.1. The highest BCUT2D eigenvalue weighted by Crippen LogP contribution is 2.46. The van der Waals surface area contributed by atoms with Crippen molar-refractivity contribution in [3.63, 3.8) is 0 Å². The summed E-state index contributed by atoms with van der Waals surface area (Å²) in [5, 5.41) is 10.7. The van der Waals surface area contributed by atoms with Crippen LogP contribution < -0.4 is 10.1 Å². The predicted molar refractivity (Wildman–Crippen MR) is 139 cm³/mol. The number of imidazole rings is 1. The van der Waals surface area contributed by atoms with Crippen molar-refractivity contribution in [1.82, 2.24) is 19.7 Å². The minimum absolute atomic E-state index is 0.192. The van der Waals surface area contributed by atoms with Crippen LogP contribution in [0.3, 0.4) is 0 Å². The molecule has 196 valence electrons. The van der Waals surface area contributed by atoms with Gasteiger partial charge in [-0.15, -0.1) is 13.2 Å². The maximum Gasteiger partial charge on any atom is 0.573 e. The van der Waals surface area contributed by atoms with Crippen LogP contribution in [0.5, 0.6) is 5.75 Å². The molecule has 5 rings (SSSR count). The number of aryl methyl sites for hydroxylation is 2. The predicted octanol–water partition coefficient (Wildman–Crippen LogP) is 8.07. The fraction of sp³-hybridized carbons (Fsp3) is 0.429. The number of benzene rings is 2. The molecule has 0 aliphatic heterocycles. The van der Waals surface area contributed by atoms with Crippen LogP contribution in [0.25, 0.3) is 22.2 Å². The first-order valence-electron chi connectivity index (χ1n) is 12.6. The van der Waals surface area contributed by atoms with Crippen molar-refractivity contribution >= 4 is 22.7 Å². The maximum atomic E-state index is 12.6. The van der Waals surface area contributed by atoms with Gasteiger partial charge in [-0.1, -0.05) is 26.8 Å². The highest BCUT2D eigenvalue weighted by molar-refractivity contribution is 5.86. The van der Waals surface area contributed by atoms with E-state index < -0.39 is 6.36 Å². The van der Waals surface area contributed by atoms with Crippen molar-refractivity contribution < 1.29 is 17.9 Å². The van der Waals surface area contributed by atoms with Gasteiger partial charge in [-0.2, -0.15) is 5.10 Å². The largest absolute Gasteiger partial charge is 0.573 e. The van der Waals surface area contributed by atoms with E-state index in [0.717, 1.165) is 46.4 Å². The summed E-state index contributed by atoms with van der Waals surface area (Å²) in [6.45, 7) is 10.9. The quantitative estimate of drug-likeness (QED) is 0.284. The van der Waals surface area contributed by atoms with E-state index in [4.69, 9.17) is 4.98 Å². The number of aromatic amines is 1. The molecule has 4 aromatic rings. The number of H-pyrrole nitrogens is 1. The van der Waals surface area contributed by atoms with Crippen molar-refractivity contribution in [1.29, 1.82) is 0 Å². The molecular formula is C28H32F3N5O. The van der Waals surface area contributed by atoms with Crippen molar-refractivity contribution in [2.75, 3.05) is 5.32 Å². The molecule has 2 heterocycles. The molecule has 0 radical (unpaired) electrons. The molecule has 0 amide bonds. The Morgan fingerprint density at radius 1 is 1.08 bits per heavy atom. The molecule has 2 atom stereocenters. The van der Waals surface area contributed by atoms with Crippen molar-refractivity contribution in [2.24, 2.45) is 11.3 Å². The van der Waals surface area contributed by atoms with E-state index in [1.54, 1.807) is 12.1 Å². The van der Waals surface area contributed by atoms with Gasteiger partial charge in [0.25, 0.3) is 0 Å². The topological polar surface area (TPSA) is 67.8 Å². The minimum Gasteiger partial charge on any atom is -0.406 e. The van der Waals surface area contributed by atoms with Crippen LogP contribution >= 0.6 is 0 Å². The molecule has 6 nitrogen and oxygen atoms in total. The van der Waals surface area contributed by atoms with Gasteiger partial charge in [0.2, 0.25) is 5.95 Å². The highest BCUT2D eigenvalue weighted by atomic mass is 19.4. The second-order valence-corrected chi connectivity index (χ2v) is 11.1. The van der Waals surface area contributed by atoms with Gasteiger partial charge >= 0.3 is 6.36 Å². The molecule has 0 unspecified atom stereocenters.